The van der Waals surface area contributed by atoms with Crippen LogP contribution in [0.5, 0.6) is 0 Å². The minimum absolute atomic E-state index is 0.926. The average molecular weight is 432 g/mol. The summed E-state index contributed by atoms with van der Waals surface area (Å²) >= 11 is 11.2. The zero-order valence-corrected chi connectivity index (χ0v) is 12.6. The first kappa shape index (κ1) is 10.4. The minimum Gasteiger partial charge on any atom is -0.127 e. The van der Waals surface area contributed by atoms with Gasteiger partial charge in [-0.05, 0) is 50.2 Å². The normalized spacial score (nSPS) is 11.0. The van der Waals surface area contributed by atoms with Gasteiger partial charge in [-0.25, -0.2) is 0 Å². The van der Waals surface area contributed by atoms with E-state index in [9.17, 15) is 0 Å². The summed E-state index contributed by atoms with van der Waals surface area (Å²) in [4.78, 5) is 0. The number of benzene rings is 1. The summed E-state index contributed by atoms with van der Waals surface area (Å²) in [6, 6.07) is 6.59. The Balaban J connectivity index is 2.73. The highest BCUT2D eigenvalue weighted by Gasteiger charge is 2.07. The maximum Gasteiger partial charge on any atom is 0.0844 e. The summed E-state index contributed by atoms with van der Waals surface area (Å²) in [5.74, 6) is 0. The van der Waals surface area contributed by atoms with Crippen molar-refractivity contribution in [3.05, 3.63) is 31.1 Å². The molecule has 1 aromatic heterocycles. The summed E-state index contributed by atoms with van der Waals surface area (Å²) in [6.07, 6.45) is 0. The van der Waals surface area contributed by atoms with Crippen molar-refractivity contribution in [2.45, 2.75) is 5.33 Å². The predicted molar refractivity (Wildman–Crippen MR) is 74.9 cm³/mol. The van der Waals surface area contributed by atoms with E-state index in [0.717, 1.165) is 5.33 Å². The third-order valence-corrected chi connectivity index (χ3v) is 6.51. The monoisotopic (exact) mass is 430 g/mol. The number of hydrogen-bond donors (Lipinski definition) is 0. The van der Waals surface area contributed by atoms with Crippen molar-refractivity contribution in [3.63, 3.8) is 0 Å². The molecule has 0 nitrogen and oxygen atoms in total. The molecule has 0 spiro atoms. The molecule has 13 heavy (non-hydrogen) atoms. The number of halogens is 3. The van der Waals surface area contributed by atoms with Crippen molar-refractivity contribution in [2.75, 3.05) is 0 Å². The molecular weight excluding hydrogens is 427 g/mol. The van der Waals surface area contributed by atoms with Gasteiger partial charge in [0, 0.05) is 19.0 Å². The van der Waals surface area contributed by atoms with Crippen molar-refractivity contribution < 1.29 is 0 Å². The standard InChI is InChI=1S/C9H5Br2IS/c10-4-5-1-2-6-7(3-5)13-9(11)8(6)12/h1-3H,4H2. The smallest absolute Gasteiger partial charge is 0.0844 e. The van der Waals surface area contributed by atoms with Gasteiger partial charge in [0.05, 0.1) is 3.79 Å². The Morgan fingerprint density at radius 3 is 2.85 bits per heavy atom. The molecule has 0 unspecified atom stereocenters. The minimum atomic E-state index is 0.926. The number of alkyl halides is 1. The summed E-state index contributed by atoms with van der Waals surface area (Å²) in [5.41, 5.74) is 1.33. The zero-order valence-electron chi connectivity index (χ0n) is 6.48. The number of fused-ring (bicyclic) bond motifs is 1. The second-order valence-corrected chi connectivity index (χ2v) is 6.66. The first-order valence-electron chi connectivity index (χ1n) is 3.65. The van der Waals surface area contributed by atoms with Crippen molar-refractivity contribution in [1.82, 2.24) is 0 Å². The van der Waals surface area contributed by atoms with Crippen molar-refractivity contribution >= 4 is 75.9 Å². The molecule has 0 radical (unpaired) electrons. The summed E-state index contributed by atoms with van der Waals surface area (Å²) in [5, 5.41) is 2.27. The van der Waals surface area contributed by atoms with E-state index in [1.165, 1.54) is 23.0 Å². The van der Waals surface area contributed by atoms with Crippen LogP contribution in [-0.4, -0.2) is 0 Å². The van der Waals surface area contributed by atoms with E-state index >= 15 is 0 Å². The number of thiophene rings is 1. The molecule has 0 amide bonds. The second-order valence-electron chi connectivity index (χ2n) is 2.65. The van der Waals surface area contributed by atoms with Gasteiger partial charge in [-0.2, -0.15) is 0 Å². The third-order valence-electron chi connectivity index (χ3n) is 1.81. The molecule has 1 aromatic carbocycles. The molecule has 2 rings (SSSR count). The predicted octanol–water partition coefficient (Wildman–Crippen LogP) is 5.16. The first-order chi connectivity index (χ1) is 6.22. The van der Waals surface area contributed by atoms with E-state index in [1.807, 2.05) is 0 Å². The summed E-state index contributed by atoms with van der Waals surface area (Å²) in [7, 11) is 0. The third kappa shape index (κ3) is 1.96. The maximum atomic E-state index is 3.55. The van der Waals surface area contributed by atoms with Crippen molar-refractivity contribution in [3.8, 4) is 0 Å². The fraction of sp³-hybridized carbons (Fsp3) is 0.111. The van der Waals surface area contributed by atoms with Crippen LogP contribution < -0.4 is 0 Å². The molecule has 0 fully saturated rings. The van der Waals surface area contributed by atoms with Gasteiger partial charge in [0.15, 0.2) is 0 Å². The molecule has 2 aromatic rings. The average Bonchev–Trinajstić information content (AvgIpc) is 2.42. The van der Waals surface area contributed by atoms with Gasteiger partial charge in [-0.15, -0.1) is 11.3 Å². The molecule has 0 bridgehead atoms. The second kappa shape index (κ2) is 4.16. The van der Waals surface area contributed by atoms with Gasteiger partial charge >= 0.3 is 0 Å². The van der Waals surface area contributed by atoms with Crippen LogP contribution in [0.3, 0.4) is 0 Å². The Labute approximate surface area is 111 Å². The lowest BCUT2D eigenvalue weighted by Gasteiger charge is -1.94. The highest BCUT2D eigenvalue weighted by atomic mass is 127. The molecule has 0 N–H and O–H groups in total. The Morgan fingerprint density at radius 2 is 2.15 bits per heavy atom. The molecule has 0 atom stereocenters. The SMILES string of the molecule is BrCc1ccc2c(I)c(Br)sc2c1. The van der Waals surface area contributed by atoms with E-state index in [4.69, 9.17) is 0 Å². The van der Waals surface area contributed by atoms with Crippen LogP contribution in [0.25, 0.3) is 10.1 Å². The zero-order chi connectivity index (χ0) is 9.42. The quantitative estimate of drug-likeness (QED) is 0.432. The highest BCUT2D eigenvalue weighted by molar-refractivity contribution is 14.1. The van der Waals surface area contributed by atoms with Crippen molar-refractivity contribution in [2.24, 2.45) is 0 Å². The Morgan fingerprint density at radius 1 is 1.38 bits per heavy atom. The van der Waals surface area contributed by atoms with Crippen LogP contribution in [-0.2, 0) is 5.33 Å². The number of hydrogen-bond acceptors (Lipinski definition) is 1. The van der Waals surface area contributed by atoms with Crippen molar-refractivity contribution in [1.29, 1.82) is 0 Å². The Kier molecular flexibility index (Phi) is 3.33. The van der Waals surface area contributed by atoms with E-state index in [2.05, 4.69) is 72.6 Å². The lowest BCUT2D eigenvalue weighted by atomic mass is 10.2. The Hall–Kier alpha value is 0.870. The van der Waals surface area contributed by atoms with Crippen LogP contribution in [0.4, 0.5) is 0 Å². The van der Waals surface area contributed by atoms with Gasteiger partial charge in [0.1, 0.15) is 0 Å². The molecular formula is C9H5Br2IS. The topological polar surface area (TPSA) is 0 Å². The molecule has 0 aliphatic carbocycles. The summed E-state index contributed by atoms with van der Waals surface area (Å²) < 4.78 is 3.90. The fourth-order valence-electron chi connectivity index (χ4n) is 1.16. The highest BCUT2D eigenvalue weighted by Crippen LogP contribution is 2.36. The van der Waals surface area contributed by atoms with E-state index in [0.29, 0.717) is 0 Å². The molecule has 1 heterocycles. The van der Waals surface area contributed by atoms with Crippen LogP contribution in [0.1, 0.15) is 5.56 Å². The largest absolute Gasteiger partial charge is 0.127 e. The molecule has 0 aliphatic rings. The molecule has 0 saturated heterocycles. The van der Waals surface area contributed by atoms with E-state index in [1.54, 1.807) is 11.3 Å². The van der Waals surface area contributed by atoms with Gasteiger partial charge in [-0.1, -0.05) is 28.1 Å². The lowest BCUT2D eigenvalue weighted by Crippen LogP contribution is -1.75. The molecule has 0 aliphatic heterocycles. The first-order valence-corrected chi connectivity index (χ1v) is 7.45. The van der Waals surface area contributed by atoms with Crippen LogP contribution >= 0.6 is 65.8 Å². The van der Waals surface area contributed by atoms with E-state index < -0.39 is 0 Å². The molecule has 68 valence electrons. The van der Waals surface area contributed by atoms with Gasteiger partial charge in [0.25, 0.3) is 0 Å². The summed E-state index contributed by atoms with van der Waals surface area (Å²) in [6.45, 7) is 0. The molecule has 4 heteroatoms. The van der Waals surface area contributed by atoms with Gasteiger partial charge in [0.2, 0.25) is 0 Å². The molecule has 0 saturated carbocycles. The van der Waals surface area contributed by atoms with Gasteiger partial charge < -0.3 is 0 Å². The maximum absolute atomic E-state index is 3.55. The number of rotatable bonds is 1. The lowest BCUT2D eigenvalue weighted by molar-refractivity contribution is 1.47. The van der Waals surface area contributed by atoms with Crippen LogP contribution in [0, 0.1) is 3.57 Å². The fourth-order valence-corrected chi connectivity index (χ4v) is 4.12. The van der Waals surface area contributed by atoms with Gasteiger partial charge in [-0.3, -0.25) is 0 Å². The van der Waals surface area contributed by atoms with Crippen LogP contribution in [0.2, 0.25) is 0 Å². The van der Waals surface area contributed by atoms with E-state index in [-0.39, 0.29) is 0 Å². The Bertz CT molecular complexity index is 450. The van der Waals surface area contributed by atoms with Crippen LogP contribution in [0.15, 0.2) is 22.0 Å².